The van der Waals surface area contributed by atoms with E-state index < -0.39 is 52.8 Å². The first-order valence-electron chi connectivity index (χ1n) is 10.2. The zero-order valence-corrected chi connectivity index (χ0v) is 18.4. The molecule has 0 radical (unpaired) electrons. The molecule has 0 aromatic heterocycles. The number of para-hydroxylation sites is 1. The fourth-order valence-corrected chi connectivity index (χ4v) is 3.24. The first-order valence-corrected chi connectivity index (χ1v) is 10.2. The zero-order valence-electron chi connectivity index (χ0n) is 18.4. The molecule has 35 heavy (non-hydrogen) atoms. The number of hydrazine groups is 1. The fourth-order valence-electron chi connectivity index (χ4n) is 3.24. The van der Waals surface area contributed by atoms with E-state index in [2.05, 4.69) is 15.5 Å². The Bertz CT molecular complexity index is 1180. The van der Waals surface area contributed by atoms with Crippen molar-refractivity contribution in [2.75, 3.05) is 25.6 Å². The van der Waals surface area contributed by atoms with Gasteiger partial charge >= 0.3 is 11.9 Å². The monoisotopic (exact) mass is 484 g/mol. The molecule has 13 heteroatoms. The molecule has 1 heterocycles. The molecule has 0 aliphatic carbocycles. The van der Waals surface area contributed by atoms with E-state index in [1.165, 1.54) is 49.6 Å². The highest BCUT2D eigenvalue weighted by Gasteiger charge is 2.37. The number of nitro groups is 1. The van der Waals surface area contributed by atoms with Crippen LogP contribution in [0.5, 0.6) is 0 Å². The number of methoxy groups -OCH3 is 1. The molecule has 13 nitrogen and oxygen atoms in total. The van der Waals surface area contributed by atoms with Crippen molar-refractivity contribution in [3.8, 4) is 0 Å². The van der Waals surface area contributed by atoms with Crippen molar-refractivity contribution < 1.29 is 38.4 Å². The second-order valence-electron chi connectivity index (χ2n) is 7.35. The Morgan fingerprint density at radius 1 is 1.11 bits per heavy atom. The van der Waals surface area contributed by atoms with Crippen LogP contribution in [0.25, 0.3) is 0 Å². The minimum Gasteiger partial charge on any atom is -0.465 e. The molecule has 3 rings (SSSR count). The highest BCUT2D eigenvalue weighted by molar-refractivity contribution is 6.00. The van der Waals surface area contributed by atoms with Crippen LogP contribution in [0.1, 0.15) is 27.1 Å². The first kappa shape index (κ1) is 24.8. The third-order valence-corrected chi connectivity index (χ3v) is 4.98. The van der Waals surface area contributed by atoms with Gasteiger partial charge in [0.05, 0.1) is 30.1 Å². The SMILES string of the molecule is COC(=O)c1ccc(NC(=O)COC(=O)[C@H]2CC(=O)N(NC(=O)c3ccccc3[N+](=O)[O-])C2)cc1. The number of hydrogen-bond acceptors (Lipinski definition) is 9. The molecule has 1 aliphatic heterocycles. The zero-order chi connectivity index (χ0) is 25.5. The van der Waals surface area contributed by atoms with E-state index in [-0.39, 0.29) is 18.5 Å². The minimum absolute atomic E-state index is 0.222. The summed E-state index contributed by atoms with van der Waals surface area (Å²) in [5.41, 5.74) is 2.24. The van der Waals surface area contributed by atoms with Gasteiger partial charge in [0.25, 0.3) is 17.5 Å². The van der Waals surface area contributed by atoms with Gasteiger partial charge in [-0.15, -0.1) is 0 Å². The highest BCUT2D eigenvalue weighted by atomic mass is 16.6. The lowest BCUT2D eigenvalue weighted by molar-refractivity contribution is -0.385. The number of carbonyl (C=O) groups is 5. The van der Waals surface area contributed by atoms with Crippen LogP contribution >= 0.6 is 0 Å². The van der Waals surface area contributed by atoms with E-state index >= 15 is 0 Å². The van der Waals surface area contributed by atoms with Gasteiger partial charge in [-0.05, 0) is 30.3 Å². The molecule has 0 saturated carbocycles. The van der Waals surface area contributed by atoms with Gasteiger partial charge in [0, 0.05) is 18.2 Å². The summed E-state index contributed by atoms with van der Waals surface area (Å²) in [6.07, 6.45) is -0.271. The van der Waals surface area contributed by atoms with Crippen molar-refractivity contribution in [2.45, 2.75) is 6.42 Å². The van der Waals surface area contributed by atoms with Crippen LogP contribution in [0.15, 0.2) is 48.5 Å². The summed E-state index contributed by atoms with van der Waals surface area (Å²) >= 11 is 0. The third-order valence-electron chi connectivity index (χ3n) is 4.98. The molecule has 1 fully saturated rings. The minimum atomic E-state index is -0.944. The van der Waals surface area contributed by atoms with E-state index in [0.717, 1.165) is 11.1 Å². The van der Waals surface area contributed by atoms with Crippen molar-refractivity contribution in [3.63, 3.8) is 0 Å². The second-order valence-corrected chi connectivity index (χ2v) is 7.35. The maximum Gasteiger partial charge on any atom is 0.337 e. The number of nitro benzene ring substituents is 1. The summed E-state index contributed by atoms with van der Waals surface area (Å²) in [6, 6.07) is 11.1. The van der Waals surface area contributed by atoms with Crippen LogP contribution in [0.3, 0.4) is 0 Å². The maximum atomic E-state index is 12.4. The molecule has 2 aromatic rings. The van der Waals surface area contributed by atoms with E-state index in [1.54, 1.807) is 0 Å². The lowest BCUT2D eigenvalue weighted by Gasteiger charge is -2.17. The smallest absolute Gasteiger partial charge is 0.337 e. The molecule has 1 aliphatic rings. The number of esters is 2. The molecule has 0 bridgehead atoms. The van der Waals surface area contributed by atoms with Crippen LogP contribution in [-0.4, -0.2) is 59.9 Å². The van der Waals surface area contributed by atoms with Crippen molar-refractivity contribution >= 4 is 41.0 Å². The van der Waals surface area contributed by atoms with Gasteiger partial charge in [0.1, 0.15) is 5.56 Å². The number of anilines is 1. The normalized spacial score (nSPS) is 14.7. The van der Waals surface area contributed by atoms with Crippen molar-refractivity contribution in [2.24, 2.45) is 5.92 Å². The van der Waals surface area contributed by atoms with Crippen molar-refractivity contribution in [1.82, 2.24) is 10.4 Å². The number of nitrogens with zero attached hydrogens (tertiary/aromatic N) is 2. The summed E-state index contributed by atoms with van der Waals surface area (Å²) < 4.78 is 9.55. The molecule has 2 N–H and O–H groups in total. The topological polar surface area (TPSA) is 174 Å². The summed E-state index contributed by atoms with van der Waals surface area (Å²) in [4.78, 5) is 70.8. The Hall–Kier alpha value is -4.81. The Balaban J connectivity index is 1.50. The van der Waals surface area contributed by atoms with E-state index in [1.807, 2.05) is 0 Å². The number of hydrogen-bond donors (Lipinski definition) is 2. The molecular weight excluding hydrogens is 464 g/mol. The Morgan fingerprint density at radius 2 is 1.80 bits per heavy atom. The van der Waals surface area contributed by atoms with Crippen molar-refractivity contribution in [1.29, 1.82) is 0 Å². The maximum absolute atomic E-state index is 12.4. The fraction of sp³-hybridized carbons (Fsp3) is 0.227. The predicted octanol–water partition coefficient (Wildman–Crippen LogP) is 1.06. The summed E-state index contributed by atoms with van der Waals surface area (Å²) in [5, 5.41) is 14.5. The number of nitrogens with one attached hydrogen (secondary N) is 2. The van der Waals surface area contributed by atoms with Gasteiger partial charge in [-0.2, -0.15) is 0 Å². The quantitative estimate of drug-likeness (QED) is 0.315. The number of rotatable bonds is 8. The predicted molar refractivity (Wildman–Crippen MR) is 118 cm³/mol. The van der Waals surface area contributed by atoms with Gasteiger partial charge in [-0.1, -0.05) is 12.1 Å². The molecule has 3 amide bonds. The molecule has 1 atom stereocenters. The lowest BCUT2D eigenvalue weighted by atomic mass is 10.1. The Labute approximate surface area is 198 Å². The Kier molecular flexibility index (Phi) is 7.71. The number of ether oxygens (including phenoxy) is 2. The lowest BCUT2D eigenvalue weighted by Crippen LogP contribution is -2.43. The molecule has 1 saturated heterocycles. The van der Waals surface area contributed by atoms with E-state index in [0.29, 0.717) is 11.3 Å². The number of amides is 3. The third kappa shape index (κ3) is 6.16. The largest absolute Gasteiger partial charge is 0.465 e. The summed E-state index contributed by atoms with van der Waals surface area (Å²) in [6.45, 7) is -0.842. The van der Waals surface area contributed by atoms with Gasteiger partial charge < -0.3 is 14.8 Å². The average Bonchev–Trinajstić information content (AvgIpc) is 3.22. The standard InChI is InChI=1S/C22H20N4O9/c1-34-21(30)13-6-8-15(9-7-13)23-18(27)12-35-22(31)14-10-19(28)25(11-14)24-20(29)16-4-2-3-5-17(16)26(32)33/h2-9,14H,10-12H2,1H3,(H,23,27)(H,24,29)/t14-/m0/s1. The van der Waals surface area contributed by atoms with Crippen LogP contribution in [0, 0.1) is 16.0 Å². The van der Waals surface area contributed by atoms with Crippen LogP contribution in [-0.2, 0) is 23.9 Å². The van der Waals surface area contributed by atoms with Crippen molar-refractivity contribution in [3.05, 3.63) is 69.8 Å². The van der Waals surface area contributed by atoms with Crippen LogP contribution < -0.4 is 10.7 Å². The van der Waals surface area contributed by atoms with E-state index in [4.69, 9.17) is 4.74 Å². The van der Waals surface area contributed by atoms with Gasteiger partial charge in [0.2, 0.25) is 5.91 Å². The molecule has 2 aromatic carbocycles. The Morgan fingerprint density at radius 3 is 2.46 bits per heavy atom. The molecule has 182 valence electrons. The molecule has 0 unspecified atom stereocenters. The van der Waals surface area contributed by atoms with Crippen LogP contribution in [0.2, 0.25) is 0 Å². The van der Waals surface area contributed by atoms with Gasteiger partial charge in [-0.25, -0.2) is 4.79 Å². The van der Waals surface area contributed by atoms with Gasteiger partial charge in [0.15, 0.2) is 6.61 Å². The molecule has 0 spiro atoms. The number of carbonyl (C=O) groups excluding carboxylic acids is 5. The van der Waals surface area contributed by atoms with Crippen LogP contribution in [0.4, 0.5) is 11.4 Å². The second kappa shape index (κ2) is 10.9. The van der Waals surface area contributed by atoms with E-state index in [9.17, 15) is 34.1 Å². The molecular formula is C22H20N4O9. The van der Waals surface area contributed by atoms with Gasteiger partial charge in [-0.3, -0.25) is 39.7 Å². The summed E-state index contributed by atoms with van der Waals surface area (Å²) in [7, 11) is 1.24. The first-order chi connectivity index (χ1) is 16.7. The number of benzene rings is 2. The summed E-state index contributed by atoms with van der Waals surface area (Å²) in [5.74, 6) is -4.41. The highest BCUT2D eigenvalue weighted by Crippen LogP contribution is 2.21. The average molecular weight is 484 g/mol.